The van der Waals surface area contributed by atoms with Gasteiger partial charge in [0.15, 0.2) is 5.82 Å². The standard InChI is InChI=1S/C17H14N4OS/c1-2-5-12(6-3-1)22-14-8-4-7-13-16(14)17(21-20-13)19-11-15-18-9-10-23-15/h1-10H,11H2,(H2,19,20,21). The van der Waals surface area contributed by atoms with Gasteiger partial charge in [0.05, 0.1) is 17.4 Å². The SMILES string of the molecule is c1ccc(Oc2cccc3[nH]nc(NCc4nccs4)c23)cc1. The van der Waals surface area contributed by atoms with E-state index in [1.807, 2.05) is 53.9 Å². The molecule has 6 heteroatoms. The average Bonchev–Trinajstić information content (AvgIpc) is 3.24. The van der Waals surface area contributed by atoms with Crippen molar-refractivity contribution in [3.63, 3.8) is 0 Å². The predicted octanol–water partition coefficient (Wildman–Crippen LogP) is 4.42. The van der Waals surface area contributed by atoms with Crippen LogP contribution in [0.5, 0.6) is 11.5 Å². The Balaban J connectivity index is 1.66. The van der Waals surface area contributed by atoms with E-state index in [4.69, 9.17) is 4.74 Å². The molecule has 0 aliphatic heterocycles. The van der Waals surface area contributed by atoms with Crippen LogP contribution in [0.1, 0.15) is 5.01 Å². The number of ether oxygens (including phenoxy) is 1. The summed E-state index contributed by atoms with van der Waals surface area (Å²) in [6, 6.07) is 15.6. The molecule has 0 unspecified atom stereocenters. The molecule has 0 saturated heterocycles. The van der Waals surface area contributed by atoms with Crippen LogP contribution in [0.15, 0.2) is 60.1 Å². The minimum absolute atomic E-state index is 0.636. The highest BCUT2D eigenvalue weighted by molar-refractivity contribution is 7.09. The van der Waals surface area contributed by atoms with Crippen molar-refractivity contribution in [1.29, 1.82) is 0 Å². The maximum Gasteiger partial charge on any atom is 0.159 e. The summed E-state index contributed by atoms with van der Waals surface area (Å²) in [6.07, 6.45) is 1.80. The Morgan fingerprint density at radius 2 is 2.00 bits per heavy atom. The number of nitrogens with zero attached hydrogens (tertiary/aromatic N) is 2. The third-order valence-corrected chi connectivity index (χ3v) is 4.19. The largest absolute Gasteiger partial charge is 0.457 e. The fraction of sp³-hybridized carbons (Fsp3) is 0.0588. The van der Waals surface area contributed by atoms with Gasteiger partial charge in [-0.3, -0.25) is 5.10 Å². The number of anilines is 1. The van der Waals surface area contributed by atoms with Crippen LogP contribution in [0.2, 0.25) is 0 Å². The lowest BCUT2D eigenvalue weighted by Gasteiger charge is -2.08. The van der Waals surface area contributed by atoms with Crippen LogP contribution in [0, 0.1) is 0 Å². The number of fused-ring (bicyclic) bond motifs is 1. The molecule has 114 valence electrons. The Bertz CT molecular complexity index is 903. The molecule has 0 spiro atoms. The van der Waals surface area contributed by atoms with Gasteiger partial charge in [0.2, 0.25) is 0 Å². The number of hydrogen-bond donors (Lipinski definition) is 2. The van der Waals surface area contributed by atoms with Crippen molar-refractivity contribution in [1.82, 2.24) is 15.2 Å². The predicted molar refractivity (Wildman–Crippen MR) is 92.1 cm³/mol. The van der Waals surface area contributed by atoms with Crippen molar-refractivity contribution in [3.8, 4) is 11.5 Å². The van der Waals surface area contributed by atoms with Crippen LogP contribution in [0.4, 0.5) is 5.82 Å². The van der Waals surface area contributed by atoms with Gasteiger partial charge < -0.3 is 10.1 Å². The Hall–Kier alpha value is -2.86. The highest BCUT2D eigenvalue weighted by Gasteiger charge is 2.12. The second kappa shape index (κ2) is 6.10. The zero-order chi connectivity index (χ0) is 15.5. The smallest absolute Gasteiger partial charge is 0.159 e. The van der Waals surface area contributed by atoms with E-state index in [1.54, 1.807) is 17.5 Å². The molecular weight excluding hydrogens is 308 g/mol. The van der Waals surface area contributed by atoms with Crippen LogP contribution in [-0.4, -0.2) is 15.2 Å². The van der Waals surface area contributed by atoms with E-state index in [0.29, 0.717) is 6.54 Å². The zero-order valence-electron chi connectivity index (χ0n) is 12.2. The summed E-state index contributed by atoms with van der Waals surface area (Å²) in [7, 11) is 0. The van der Waals surface area contributed by atoms with E-state index in [2.05, 4.69) is 20.5 Å². The summed E-state index contributed by atoms with van der Waals surface area (Å²) in [6.45, 7) is 0.636. The highest BCUT2D eigenvalue weighted by Crippen LogP contribution is 2.33. The Labute approximate surface area is 137 Å². The summed E-state index contributed by atoms with van der Waals surface area (Å²) >= 11 is 1.61. The van der Waals surface area contributed by atoms with Crippen molar-refractivity contribution >= 4 is 28.1 Å². The van der Waals surface area contributed by atoms with Crippen molar-refractivity contribution in [2.24, 2.45) is 0 Å². The molecule has 0 saturated carbocycles. The molecule has 2 N–H and O–H groups in total. The van der Waals surface area contributed by atoms with E-state index in [-0.39, 0.29) is 0 Å². The second-order valence-electron chi connectivity index (χ2n) is 4.95. The number of rotatable bonds is 5. The van der Waals surface area contributed by atoms with Gasteiger partial charge in [0.25, 0.3) is 0 Å². The van der Waals surface area contributed by atoms with Gasteiger partial charge in [0, 0.05) is 11.6 Å². The molecular formula is C17H14N4OS. The van der Waals surface area contributed by atoms with Crippen molar-refractivity contribution in [3.05, 3.63) is 65.1 Å². The number of aromatic amines is 1. The van der Waals surface area contributed by atoms with Crippen LogP contribution >= 0.6 is 11.3 Å². The number of hydrogen-bond acceptors (Lipinski definition) is 5. The molecule has 0 fully saturated rings. The van der Waals surface area contributed by atoms with Gasteiger partial charge in [-0.15, -0.1) is 11.3 Å². The van der Waals surface area contributed by atoms with E-state index in [0.717, 1.165) is 33.2 Å². The molecule has 2 aromatic carbocycles. The van der Waals surface area contributed by atoms with Crippen molar-refractivity contribution in [2.45, 2.75) is 6.54 Å². The lowest BCUT2D eigenvalue weighted by Crippen LogP contribution is -1.99. The molecule has 4 rings (SSSR count). The van der Waals surface area contributed by atoms with Crippen molar-refractivity contribution in [2.75, 3.05) is 5.32 Å². The topological polar surface area (TPSA) is 62.8 Å². The Morgan fingerprint density at radius 1 is 1.09 bits per heavy atom. The quantitative estimate of drug-likeness (QED) is 0.571. The van der Waals surface area contributed by atoms with Gasteiger partial charge in [-0.25, -0.2) is 4.98 Å². The van der Waals surface area contributed by atoms with Crippen LogP contribution in [0.3, 0.4) is 0 Å². The summed E-state index contributed by atoms with van der Waals surface area (Å²) in [5.41, 5.74) is 0.931. The van der Waals surface area contributed by atoms with Gasteiger partial charge >= 0.3 is 0 Å². The minimum atomic E-state index is 0.636. The fourth-order valence-corrected chi connectivity index (χ4v) is 2.92. The normalized spacial score (nSPS) is 10.8. The van der Waals surface area contributed by atoms with Gasteiger partial charge in [-0.1, -0.05) is 24.3 Å². The molecule has 0 amide bonds. The van der Waals surface area contributed by atoms with Crippen LogP contribution in [0.25, 0.3) is 10.9 Å². The first kappa shape index (κ1) is 13.8. The first-order valence-corrected chi connectivity index (χ1v) is 8.10. The molecule has 2 heterocycles. The van der Waals surface area contributed by atoms with Gasteiger partial charge in [-0.05, 0) is 24.3 Å². The number of benzene rings is 2. The summed E-state index contributed by atoms with van der Waals surface area (Å²) in [4.78, 5) is 4.27. The number of para-hydroxylation sites is 1. The average molecular weight is 322 g/mol. The van der Waals surface area contributed by atoms with Gasteiger partial charge in [0.1, 0.15) is 16.5 Å². The van der Waals surface area contributed by atoms with E-state index >= 15 is 0 Å². The lowest BCUT2D eigenvalue weighted by molar-refractivity contribution is 0.488. The third-order valence-electron chi connectivity index (χ3n) is 3.41. The highest BCUT2D eigenvalue weighted by atomic mass is 32.1. The first-order chi connectivity index (χ1) is 11.4. The zero-order valence-corrected chi connectivity index (χ0v) is 13.0. The number of aromatic nitrogens is 3. The maximum absolute atomic E-state index is 6.01. The molecule has 0 atom stereocenters. The Morgan fingerprint density at radius 3 is 2.83 bits per heavy atom. The molecule has 0 radical (unpaired) electrons. The summed E-state index contributed by atoms with van der Waals surface area (Å²) in [5, 5.41) is 14.6. The molecule has 5 nitrogen and oxygen atoms in total. The van der Waals surface area contributed by atoms with E-state index in [1.165, 1.54) is 0 Å². The molecule has 0 bridgehead atoms. The lowest BCUT2D eigenvalue weighted by atomic mass is 10.2. The Kier molecular flexibility index (Phi) is 3.65. The molecule has 23 heavy (non-hydrogen) atoms. The van der Waals surface area contributed by atoms with Crippen LogP contribution in [-0.2, 0) is 6.54 Å². The summed E-state index contributed by atoms with van der Waals surface area (Å²) in [5.74, 6) is 2.33. The van der Waals surface area contributed by atoms with Gasteiger partial charge in [-0.2, -0.15) is 5.10 Å². The fourth-order valence-electron chi connectivity index (χ4n) is 2.37. The molecule has 0 aliphatic carbocycles. The van der Waals surface area contributed by atoms with Crippen molar-refractivity contribution < 1.29 is 4.74 Å². The minimum Gasteiger partial charge on any atom is -0.457 e. The molecule has 0 aliphatic rings. The van der Waals surface area contributed by atoms with E-state index < -0.39 is 0 Å². The van der Waals surface area contributed by atoms with Crippen LogP contribution < -0.4 is 10.1 Å². The molecule has 2 aromatic heterocycles. The monoisotopic (exact) mass is 322 g/mol. The molecule has 4 aromatic rings. The maximum atomic E-state index is 6.01. The third kappa shape index (κ3) is 2.89. The van der Waals surface area contributed by atoms with E-state index in [9.17, 15) is 0 Å². The second-order valence-corrected chi connectivity index (χ2v) is 5.92. The number of H-pyrrole nitrogens is 1. The summed E-state index contributed by atoms with van der Waals surface area (Å²) < 4.78 is 6.01. The first-order valence-electron chi connectivity index (χ1n) is 7.22. The number of thiazole rings is 1. The number of nitrogens with one attached hydrogen (secondary N) is 2.